The van der Waals surface area contributed by atoms with Crippen LogP contribution >= 0.6 is 35.7 Å². The van der Waals surface area contributed by atoms with Crippen LogP contribution in [0.3, 0.4) is 0 Å². The monoisotopic (exact) mass is 472 g/mol. The normalized spacial score (nSPS) is 27.8. The highest BCUT2D eigenvalue weighted by atomic mass is 32.1. The van der Waals surface area contributed by atoms with Gasteiger partial charge in [-0.05, 0) is 12.2 Å². The van der Waals surface area contributed by atoms with Gasteiger partial charge in [0.05, 0.1) is 0 Å². The minimum absolute atomic E-state index is 0.214. The Morgan fingerprint density at radius 3 is 2.41 bits per heavy atom. The number of aromatic amines is 1. The zero-order valence-electron chi connectivity index (χ0n) is 12.7. The second-order valence-corrected chi connectivity index (χ2v) is 9.68. The van der Waals surface area contributed by atoms with E-state index in [1.807, 2.05) is 0 Å². The quantitative estimate of drug-likeness (QED) is 0.276. The Morgan fingerprint density at radius 2 is 1.85 bits per heavy atom. The van der Waals surface area contributed by atoms with Crippen LogP contribution in [0, 0.1) is 4.77 Å². The Kier molecular flexibility index (Phi) is 6.75. The lowest BCUT2D eigenvalue weighted by Gasteiger charge is -2.20. The third-order valence-corrected chi connectivity index (χ3v) is 6.95. The van der Waals surface area contributed by atoms with Crippen LogP contribution in [-0.4, -0.2) is 41.6 Å². The van der Waals surface area contributed by atoms with E-state index in [0.29, 0.717) is 0 Å². The van der Waals surface area contributed by atoms with Gasteiger partial charge < -0.3 is 24.3 Å². The molecule has 154 valence electrons. The number of hydrogen-bond donors (Lipinski definition) is 5. The fourth-order valence-corrected chi connectivity index (χ4v) is 5.34. The number of phosphoric acid groups is 3. The second kappa shape index (κ2) is 8.03. The maximum atomic E-state index is 14.1. The van der Waals surface area contributed by atoms with Crippen molar-refractivity contribution in [3.8, 4) is 0 Å². The van der Waals surface area contributed by atoms with Crippen molar-refractivity contribution in [2.24, 2.45) is 0 Å². The Balaban J connectivity index is 2.08. The molecule has 0 aromatic carbocycles. The highest BCUT2D eigenvalue weighted by Crippen LogP contribution is 2.66. The lowest BCUT2D eigenvalue weighted by molar-refractivity contribution is -0.112. The first-order valence-electron chi connectivity index (χ1n) is 6.61. The molecule has 2 heterocycles. The van der Waals surface area contributed by atoms with E-state index in [2.05, 4.69) is 18.1 Å². The lowest BCUT2D eigenvalue weighted by atomic mass is 10.3. The third kappa shape index (κ3) is 6.75. The smallest absolute Gasteiger partial charge is 0.325 e. The van der Waals surface area contributed by atoms with E-state index in [-0.39, 0.29) is 4.77 Å². The van der Waals surface area contributed by atoms with E-state index in [0.717, 1.165) is 16.8 Å². The number of hydrogen-bond acceptors (Lipinski definition) is 9. The molecule has 1 fully saturated rings. The van der Waals surface area contributed by atoms with Crippen LogP contribution in [0.2, 0.25) is 0 Å². The standard InChI is InChI=1S/C8H12FN2O12P3S/c9-4-3-6(20-7(4)11-2-1-5(12)10-8(11)27)21-25(16,17)23-26(18,19)22-24(13,14)15/h1-2,4,6-7H,3H2,(H,16,17)(H,18,19)(H,10,12,27)(H2,13,14,15)/t4-,6+,7+/m0/s1. The number of nitrogens with one attached hydrogen (secondary N) is 1. The number of phosphoric ester groups is 1. The number of rotatable bonds is 7. The molecular weight excluding hydrogens is 460 g/mol. The summed E-state index contributed by atoms with van der Waals surface area (Å²) in [5.41, 5.74) is -0.561. The molecule has 0 spiro atoms. The predicted molar refractivity (Wildman–Crippen MR) is 84.3 cm³/mol. The first-order valence-corrected chi connectivity index (χ1v) is 11.5. The number of halogens is 1. The summed E-state index contributed by atoms with van der Waals surface area (Å²) in [6.07, 6.45) is -4.61. The highest BCUT2D eigenvalue weighted by molar-refractivity contribution is 7.71. The van der Waals surface area contributed by atoms with Crippen molar-refractivity contribution >= 4 is 35.7 Å². The fourth-order valence-electron chi connectivity index (χ4n) is 1.98. The van der Waals surface area contributed by atoms with Gasteiger partial charge in [0.15, 0.2) is 23.5 Å². The van der Waals surface area contributed by atoms with Crippen LogP contribution in [-0.2, 0) is 31.6 Å². The van der Waals surface area contributed by atoms with Crippen LogP contribution < -0.4 is 5.56 Å². The summed E-state index contributed by atoms with van der Waals surface area (Å²) < 4.78 is 64.8. The summed E-state index contributed by atoms with van der Waals surface area (Å²) in [5.74, 6) is 0. The Hall–Kier alpha value is -0.600. The molecule has 1 aliphatic heterocycles. The van der Waals surface area contributed by atoms with Gasteiger partial charge in [-0.15, -0.1) is 0 Å². The number of H-pyrrole nitrogens is 1. The minimum Gasteiger partial charge on any atom is -0.325 e. The fraction of sp³-hybridized carbons (Fsp3) is 0.500. The first-order chi connectivity index (χ1) is 12.2. The van der Waals surface area contributed by atoms with Crippen molar-refractivity contribution < 1.29 is 55.5 Å². The zero-order valence-corrected chi connectivity index (χ0v) is 16.2. The van der Waals surface area contributed by atoms with Crippen molar-refractivity contribution in [1.29, 1.82) is 0 Å². The topological polar surface area (TPSA) is 207 Å². The lowest BCUT2D eigenvalue weighted by Crippen LogP contribution is -2.21. The van der Waals surface area contributed by atoms with Crippen molar-refractivity contribution in [3.05, 3.63) is 27.4 Å². The van der Waals surface area contributed by atoms with Gasteiger partial charge in [0.25, 0.3) is 5.56 Å². The van der Waals surface area contributed by atoms with Crippen LogP contribution in [0.4, 0.5) is 4.39 Å². The number of nitrogens with zero attached hydrogens (tertiary/aromatic N) is 1. The number of aromatic nitrogens is 2. The summed E-state index contributed by atoms with van der Waals surface area (Å²) >= 11 is 4.83. The predicted octanol–water partition coefficient (Wildman–Crippen LogP) is 0.832. The molecule has 1 aromatic heterocycles. The van der Waals surface area contributed by atoms with Crippen LogP contribution in [0.1, 0.15) is 12.6 Å². The largest absolute Gasteiger partial charge is 0.490 e. The molecule has 1 saturated heterocycles. The molecule has 14 nitrogen and oxygen atoms in total. The molecule has 0 bridgehead atoms. The molecule has 19 heteroatoms. The zero-order chi connectivity index (χ0) is 20.6. The Morgan fingerprint density at radius 1 is 1.22 bits per heavy atom. The van der Waals surface area contributed by atoms with Gasteiger partial charge in [-0.1, -0.05) is 0 Å². The van der Waals surface area contributed by atoms with Gasteiger partial charge in [-0.25, -0.2) is 18.1 Å². The summed E-state index contributed by atoms with van der Waals surface area (Å²) in [7, 11) is -16.7. The summed E-state index contributed by atoms with van der Waals surface area (Å²) in [4.78, 5) is 48.6. The minimum atomic E-state index is -5.71. The van der Waals surface area contributed by atoms with Crippen molar-refractivity contribution in [2.45, 2.75) is 25.1 Å². The molecule has 2 unspecified atom stereocenters. The number of alkyl halides is 1. The van der Waals surface area contributed by atoms with Gasteiger partial charge in [-0.2, -0.15) is 8.62 Å². The Bertz CT molecular complexity index is 958. The van der Waals surface area contributed by atoms with Crippen molar-refractivity contribution in [3.63, 3.8) is 0 Å². The molecule has 2 rings (SSSR count). The third-order valence-electron chi connectivity index (χ3n) is 2.81. The number of ether oxygens (including phenoxy) is 1. The second-order valence-electron chi connectivity index (χ2n) is 4.92. The van der Waals surface area contributed by atoms with E-state index in [1.165, 1.54) is 0 Å². The molecule has 1 aromatic rings. The molecule has 5 atom stereocenters. The van der Waals surface area contributed by atoms with Crippen LogP contribution in [0.15, 0.2) is 17.1 Å². The molecule has 5 N–H and O–H groups in total. The van der Waals surface area contributed by atoms with Gasteiger partial charge in [0, 0.05) is 18.7 Å². The summed E-state index contributed by atoms with van der Waals surface area (Å²) in [5, 5.41) is 0. The van der Waals surface area contributed by atoms with E-state index in [1.54, 1.807) is 0 Å². The van der Waals surface area contributed by atoms with Gasteiger partial charge in [0.1, 0.15) is 0 Å². The first kappa shape index (κ1) is 22.7. The van der Waals surface area contributed by atoms with Crippen LogP contribution in [0.25, 0.3) is 0 Å². The average Bonchev–Trinajstić information content (AvgIpc) is 2.73. The van der Waals surface area contributed by atoms with Crippen molar-refractivity contribution in [2.75, 3.05) is 0 Å². The average molecular weight is 472 g/mol. The van der Waals surface area contributed by atoms with E-state index in [9.17, 15) is 27.8 Å². The summed E-state index contributed by atoms with van der Waals surface area (Å²) in [6.45, 7) is 0. The molecule has 0 aliphatic carbocycles. The molecule has 0 saturated carbocycles. The van der Waals surface area contributed by atoms with Gasteiger partial charge in [0.2, 0.25) is 0 Å². The molecular formula is C8H12FN2O12P3S. The Labute approximate surface area is 154 Å². The molecule has 0 radical (unpaired) electrons. The van der Waals surface area contributed by atoms with Crippen molar-refractivity contribution in [1.82, 2.24) is 9.55 Å². The maximum absolute atomic E-state index is 14.1. The van der Waals surface area contributed by atoms with Crippen LogP contribution in [0.5, 0.6) is 0 Å². The van der Waals surface area contributed by atoms with E-state index < -0.39 is 54.1 Å². The molecule has 27 heavy (non-hydrogen) atoms. The van der Waals surface area contributed by atoms with Gasteiger partial charge >= 0.3 is 23.5 Å². The van der Waals surface area contributed by atoms with E-state index in [4.69, 9.17) is 31.6 Å². The maximum Gasteiger partial charge on any atom is 0.490 e. The SMILES string of the molecule is O=c1ccn([C@@H]2O[C@H](OP(=O)(O)OP(=O)(O)OP(=O)(O)O)C[C@@H]2F)c(=S)[nH]1. The van der Waals surface area contributed by atoms with E-state index >= 15 is 0 Å². The summed E-state index contributed by atoms with van der Waals surface area (Å²) in [6, 6.07) is 1.02. The molecule has 0 amide bonds. The van der Waals surface area contributed by atoms with Gasteiger partial charge in [-0.3, -0.25) is 18.9 Å². The highest BCUT2D eigenvalue weighted by Gasteiger charge is 2.45. The molecule has 1 aliphatic rings.